The molecule has 5 nitrogen and oxygen atoms in total. The quantitative estimate of drug-likeness (QED) is 0.604. The summed E-state index contributed by atoms with van der Waals surface area (Å²) in [4.78, 5) is 27.6. The highest BCUT2D eigenvalue weighted by Gasteiger charge is 2.29. The minimum absolute atomic E-state index is 0.0606. The summed E-state index contributed by atoms with van der Waals surface area (Å²) in [6, 6.07) is 23.3. The standard InChI is InChI=1S/C27H28N2O3/c1-19-14-20(2)16-23(15-19)32-18-26(30)28-25-11-7-6-10-24(25)27(31)29-13-12-22(17-29)21-8-4-3-5-9-21/h3-11,14-16,22H,12-13,17-18H2,1-2H3,(H,28,30). The fraction of sp³-hybridized carbons (Fsp3) is 0.259. The Morgan fingerprint density at radius 2 is 1.66 bits per heavy atom. The maximum absolute atomic E-state index is 13.2. The number of amides is 2. The third kappa shape index (κ3) is 5.17. The number of hydrogen-bond acceptors (Lipinski definition) is 3. The van der Waals surface area contributed by atoms with Gasteiger partial charge in [-0.15, -0.1) is 0 Å². The van der Waals surface area contributed by atoms with E-state index in [0.717, 1.165) is 17.5 Å². The Balaban J connectivity index is 1.40. The van der Waals surface area contributed by atoms with E-state index >= 15 is 0 Å². The lowest BCUT2D eigenvalue weighted by Crippen LogP contribution is -2.30. The molecule has 1 heterocycles. The molecule has 0 saturated carbocycles. The molecule has 0 aliphatic carbocycles. The average molecular weight is 429 g/mol. The predicted molar refractivity (Wildman–Crippen MR) is 126 cm³/mol. The van der Waals surface area contributed by atoms with Gasteiger partial charge in [0.1, 0.15) is 5.75 Å². The molecule has 2 amide bonds. The zero-order chi connectivity index (χ0) is 22.5. The highest BCUT2D eigenvalue weighted by molar-refractivity contribution is 6.04. The summed E-state index contributed by atoms with van der Waals surface area (Å²) in [5, 5.41) is 2.85. The van der Waals surface area contributed by atoms with Gasteiger partial charge in [0.2, 0.25) is 0 Å². The van der Waals surface area contributed by atoms with E-state index in [2.05, 4.69) is 23.5 Å². The number of rotatable bonds is 6. The molecule has 1 fully saturated rings. The number of ether oxygens (including phenoxy) is 1. The number of nitrogens with zero attached hydrogens (tertiary/aromatic N) is 1. The molecule has 0 aromatic heterocycles. The van der Waals surface area contributed by atoms with Crippen LogP contribution in [0.1, 0.15) is 39.4 Å². The van der Waals surface area contributed by atoms with Crippen molar-refractivity contribution in [3.63, 3.8) is 0 Å². The number of anilines is 1. The summed E-state index contributed by atoms with van der Waals surface area (Å²) in [6.45, 7) is 5.24. The fourth-order valence-corrected chi connectivity index (χ4v) is 4.24. The van der Waals surface area contributed by atoms with Gasteiger partial charge in [0.25, 0.3) is 11.8 Å². The minimum atomic E-state index is -0.298. The third-order valence-corrected chi connectivity index (χ3v) is 5.74. The fourth-order valence-electron chi connectivity index (χ4n) is 4.24. The smallest absolute Gasteiger partial charge is 0.262 e. The molecule has 1 N–H and O–H groups in total. The van der Waals surface area contributed by atoms with Crippen LogP contribution in [0, 0.1) is 13.8 Å². The van der Waals surface area contributed by atoms with E-state index in [0.29, 0.717) is 36.0 Å². The van der Waals surface area contributed by atoms with E-state index in [9.17, 15) is 9.59 Å². The monoisotopic (exact) mass is 428 g/mol. The molecule has 0 spiro atoms. The van der Waals surface area contributed by atoms with Gasteiger partial charge in [0.05, 0.1) is 11.3 Å². The van der Waals surface area contributed by atoms with Crippen LogP contribution < -0.4 is 10.1 Å². The molecule has 0 radical (unpaired) electrons. The first-order valence-corrected chi connectivity index (χ1v) is 10.9. The second-order valence-corrected chi connectivity index (χ2v) is 8.35. The van der Waals surface area contributed by atoms with Gasteiger partial charge in [-0.2, -0.15) is 0 Å². The van der Waals surface area contributed by atoms with Crippen molar-refractivity contribution in [1.29, 1.82) is 0 Å². The van der Waals surface area contributed by atoms with Gasteiger partial charge in [-0.05, 0) is 61.2 Å². The van der Waals surface area contributed by atoms with E-state index in [1.165, 1.54) is 5.56 Å². The van der Waals surface area contributed by atoms with Crippen LogP contribution in [-0.4, -0.2) is 36.4 Å². The second kappa shape index (κ2) is 9.69. The van der Waals surface area contributed by atoms with Crippen LogP contribution in [0.2, 0.25) is 0 Å². The third-order valence-electron chi connectivity index (χ3n) is 5.74. The first kappa shape index (κ1) is 21.6. The molecule has 1 aliphatic heterocycles. The van der Waals surface area contributed by atoms with E-state index in [1.54, 1.807) is 12.1 Å². The molecule has 1 atom stereocenters. The maximum Gasteiger partial charge on any atom is 0.262 e. The average Bonchev–Trinajstić information content (AvgIpc) is 3.28. The Morgan fingerprint density at radius 1 is 0.969 bits per heavy atom. The number of aryl methyl sites for hydroxylation is 2. The van der Waals surface area contributed by atoms with Gasteiger partial charge in [-0.3, -0.25) is 9.59 Å². The summed E-state index contributed by atoms with van der Waals surface area (Å²) in [6.07, 6.45) is 0.939. The molecule has 1 saturated heterocycles. The van der Waals surface area contributed by atoms with Crippen molar-refractivity contribution in [2.24, 2.45) is 0 Å². The molecular weight excluding hydrogens is 400 g/mol. The van der Waals surface area contributed by atoms with Crippen molar-refractivity contribution in [1.82, 2.24) is 4.90 Å². The highest BCUT2D eigenvalue weighted by atomic mass is 16.5. The van der Waals surface area contributed by atoms with Gasteiger partial charge in [-0.25, -0.2) is 0 Å². The van der Waals surface area contributed by atoms with Crippen LogP contribution in [0.5, 0.6) is 5.75 Å². The van der Waals surface area contributed by atoms with Crippen molar-refractivity contribution >= 4 is 17.5 Å². The topological polar surface area (TPSA) is 58.6 Å². The maximum atomic E-state index is 13.2. The first-order chi connectivity index (χ1) is 15.5. The number of carbonyl (C=O) groups is 2. The number of nitrogens with one attached hydrogen (secondary N) is 1. The number of benzene rings is 3. The molecule has 1 unspecified atom stereocenters. The van der Waals surface area contributed by atoms with Crippen LogP contribution in [0.3, 0.4) is 0 Å². The predicted octanol–water partition coefficient (Wildman–Crippen LogP) is 4.95. The normalized spacial score (nSPS) is 15.4. The molecule has 3 aromatic carbocycles. The summed E-state index contributed by atoms with van der Waals surface area (Å²) in [5.41, 5.74) is 4.43. The Kier molecular flexibility index (Phi) is 6.55. The van der Waals surface area contributed by atoms with Crippen molar-refractivity contribution in [2.45, 2.75) is 26.2 Å². The lowest BCUT2D eigenvalue weighted by atomic mass is 9.99. The lowest BCUT2D eigenvalue weighted by Gasteiger charge is -2.19. The van der Waals surface area contributed by atoms with Crippen LogP contribution in [0.25, 0.3) is 0 Å². The summed E-state index contributed by atoms with van der Waals surface area (Å²) in [7, 11) is 0. The molecule has 3 aromatic rings. The van der Waals surface area contributed by atoms with Gasteiger partial charge >= 0.3 is 0 Å². The largest absolute Gasteiger partial charge is 0.484 e. The summed E-state index contributed by atoms with van der Waals surface area (Å²) in [5.74, 6) is 0.640. The van der Waals surface area contributed by atoms with Gasteiger partial charge in [0.15, 0.2) is 6.61 Å². The molecule has 1 aliphatic rings. The van der Waals surface area contributed by atoms with Crippen LogP contribution in [0.15, 0.2) is 72.8 Å². The molecule has 5 heteroatoms. The van der Waals surface area contributed by atoms with E-state index < -0.39 is 0 Å². The van der Waals surface area contributed by atoms with Crippen LogP contribution in [-0.2, 0) is 4.79 Å². The van der Waals surface area contributed by atoms with Crippen molar-refractivity contribution in [3.8, 4) is 5.75 Å². The molecule has 164 valence electrons. The van der Waals surface area contributed by atoms with E-state index in [-0.39, 0.29) is 18.4 Å². The lowest BCUT2D eigenvalue weighted by molar-refractivity contribution is -0.118. The van der Waals surface area contributed by atoms with Crippen molar-refractivity contribution in [3.05, 3.63) is 95.1 Å². The van der Waals surface area contributed by atoms with Gasteiger partial charge < -0.3 is 15.0 Å². The van der Waals surface area contributed by atoms with Crippen molar-refractivity contribution < 1.29 is 14.3 Å². The summed E-state index contributed by atoms with van der Waals surface area (Å²) >= 11 is 0. The Hall–Kier alpha value is -3.60. The first-order valence-electron chi connectivity index (χ1n) is 10.9. The Morgan fingerprint density at radius 3 is 2.41 bits per heavy atom. The molecule has 4 rings (SSSR count). The number of hydrogen-bond donors (Lipinski definition) is 1. The van der Waals surface area contributed by atoms with Crippen LogP contribution in [0.4, 0.5) is 5.69 Å². The summed E-state index contributed by atoms with van der Waals surface area (Å²) < 4.78 is 5.66. The molecule has 0 bridgehead atoms. The van der Waals surface area contributed by atoms with Crippen LogP contribution >= 0.6 is 0 Å². The minimum Gasteiger partial charge on any atom is -0.484 e. The second-order valence-electron chi connectivity index (χ2n) is 8.35. The van der Waals surface area contributed by atoms with E-state index in [1.807, 2.05) is 61.2 Å². The van der Waals surface area contributed by atoms with E-state index in [4.69, 9.17) is 4.74 Å². The number of carbonyl (C=O) groups excluding carboxylic acids is 2. The van der Waals surface area contributed by atoms with Crippen molar-refractivity contribution in [2.75, 3.05) is 25.0 Å². The number of likely N-dealkylation sites (tertiary alicyclic amines) is 1. The molecular formula is C27H28N2O3. The highest BCUT2D eigenvalue weighted by Crippen LogP contribution is 2.29. The zero-order valence-electron chi connectivity index (χ0n) is 18.5. The zero-order valence-corrected chi connectivity index (χ0v) is 18.5. The Labute approximate surface area is 189 Å². The van der Waals surface area contributed by atoms with Gasteiger partial charge in [0, 0.05) is 19.0 Å². The van der Waals surface area contributed by atoms with Gasteiger partial charge in [-0.1, -0.05) is 48.5 Å². The number of para-hydroxylation sites is 1. The Bertz CT molecular complexity index is 1090. The molecule has 32 heavy (non-hydrogen) atoms. The SMILES string of the molecule is Cc1cc(C)cc(OCC(=O)Nc2ccccc2C(=O)N2CCC(c3ccccc3)C2)c1.